The summed E-state index contributed by atoms with van der Waals surface area (Å²) in [6.45, 7) is 6.13. The normalized spacial score (nSPS) is 14.3. The highest BCUT2D eigenvalue weighted by Crippen LogP contribution is 2.11. The maximum Gasteiger partial charge on any atom is 0.106 e. The van der Waals surface area contributed by atoms with E-state index in [1.807, 2.05) is 20.6 Å². The highest BCUT2D eigenvalue weighted by molar-refractivity contribution is 5.10. The van der Waals surface area contributed by atoms with Gasteiger partial charge in [0.05, 0.1) is 6.10 Å². The average Bonchev–Trinajstić information content (AvgIpc) is 2.11. The van der Waals surface area contributed by atoms with Crippen molar-refractivity contribution in [3.8, 4) is 0 Å². The van der Waals surface area contributed by atoms with Crippen molar-refractivity contribution in [3.63, 3.8) is 0 Å². The Hall–Kier alpha value is -0.410. The van der Waals surface area contributed by atoms with Gasteiger partial charge in [-0.2, -0.15) is 0 Å². The molecular formula is C9H20O3. The summed E-state index contributed by atoms with van der Waals surface area (Å²) in [5.74, 6) is 0.0833. The van der Waals surface area contributed by atoms with Crippen molar-refractivity contribution in [3.05, 3.63) is 0 Å². The second-order valence-electron chi connectivity index (χ2n) is 2.71. The summed E-state index contributed by atoms with van der Waals surface area (Å²) in [6.07, 6.45) is 2.34. The average molecular weight is 176 g/mol. The first-order valence-electron chi connectivity index (χ1n) is 4.34. The van der Waals surface area contributed by atoms with E-state index < -0.39 is 0 Å². The van der Waals surface area contributed by atoms with Crippen molar-refractivity contribution in [1.82, 2.24) is 0 Å². The van der Waals surface area contributed by atoms with E-state index in [-0.39, 0.29) is 18.6 Å². The molecule has 2 unspecified atom stereocenters. The third kappa shape index (κ3) is 6.31. The lowest BCUT2D eigenvalue weighted by molar-refractivity contribution is -0.0979. The summed E-state index contributed by atoms with van der Waals surface area (Å²) in [7, 11) is 0. The lowest BCUT2D eigenvalue weighted by Gasteiger charge is -2.17. The van der Waals surface area contributed by atoms with Gasteiger partial charge in [-0.3, -0.25) is 0 Å². The first kappa shape index (κ1) is 14.1. The number of rotatable bonds is 5. The monoisotopic (exact) mass is 176 g/mol. The van der Waals surface area contributed by atoms with Crippen molar-refractivity contribution in [1.29, 1.82) is 0 Å². The van der Waals surface area contributed by atoms with Gasteiger partial charge in [-0.15, -0.1) is 0 Å². The minimum Gasteiger partial charge on any atom is -0.396 e. The molecule has 0 rings (SSSR count). The molecule has 0 aliphatic rings. The van der Waals surface area contributed by atoms with Gasteiger partial charge in [0.15, 0.2) is 0 Å². The summed E-state index contributed by atoms with van der Waals surface area (Å²) >= 11 is 0. The minimum atomic E-state index is -0.306. The Morgan fingerprint density at radius 3 is 2.08 bits per heavy atom. The molecule has 3 heteroatoms. The molecule has 0 saturated carbocycles. The van der Waals surface area contributed by atoms with Crippen LogP contribution in [-0.4, -0.2) is 29.7 Å². The molecular weight excluding hydrogens is 156 g/mol. The van der Waals surface area contributed by atoms with Crippen molar-refractivity contribution in [2.24, 2.45) is 5.92 Å². The molecule has 2 N–H and O–H groups in total. The summed E-state index contributed by atoms with van der Waals surface area (Å²) in [5, 5.41) is 18.1. The van der Waals surface area contributed by atoms with E-state index in [9.17, 15) is 5.11 Å². The van der Waals surface area contributed by atoms with E-state index in [1.165, 1.54) is 0 Å². The Balaban J connectivity index is 0. The summed E-state index contributed by atoms with van der Waals surface area (Å²) in [5.41, 5.74) is 0. The van der Waals surface area contributed by atoms with Gasteiger partial charge in [-0.05, 0) is 12.8 Å². The van der Waals surface area contributed by atoms with Gasteiger partial charge in [-0.25, -0.2) is 0 Å². The van der Waals surface area contributed by atoms with Gasteiger partial charge in [0.1, 0.15) is 6.79 Å². The zero-order valence-electron chi connectivity index (χ0n) is 7.99. The molecule has 0 heterocycles. The first-order valence-corrected chi connectivity index (χ1v) is 4.34. The van der Waals surface area contributed by atoms with E-state index in [0.29, 0.717) is 0 Å². The highest BCUT2D eigenvalue weighted by atomic mass is 16.3. The molecule has 0 amide bonds. The van der Waals surface area contributed by atoms with Crippen molar-refractivity contribution in [2.75, 3.05) is 6.61 Å². The van der Waals surface area contributed by atoms with Crippen molar-refractivity contribution in [2.45, 2.75) is 39.2 Å². The van der Waals surface area contributed by atoms with Crippen LogP contribution in [0.15, 0.2) is 0 Å². The fraction of sp³-hybridized carbons (Fsp3) is 0.889. The van der Waals surface area contributed by atoms with Crippen LogP contribution < -0.4 is 0 Å². The first-order chi connectivity index (χ1) is 5.76. The number of carbonyl (C=O) groups excluding carboxylic acids is 1. The number of aliphatic hydroxyl groups excluding tert-OH is 2. The van der Waals surface area contributed by atoms with E-state index in [0.717, 1.165) is 19.3 Å². The predicted octanol–water partition coefficient (Wildman–Crippen LogP) is 0.981. The molecule has 0 radical (unpaired) electrons. The van der Waals surface area contributed by atoms with Crippen LogP contribution in [0.3, 0.4) is 0 Å². The molecule has 0 saturated heterocycles. The topological polar surface area (TPSA) is 57.5 Å². The Morgan fingerprint density at radius 2 is 1.83 bits per heavy atom. The van der Waals surface area contributed by atoms with Crippen molar-refractivity contribution < 1.29 is 15.0 Å². The molecule has 2 atom stereocenters. The molecule has 74 valence electrons. The largest absolute Gasteiger partial charge is 0.396 e. The second-order valence-corrected chi connectivity index (χ2v) is 2.71. The third-order valence-electron chi connectivity index (χ3n) is 1.89. The molecule has 0 aromatic rings. The second kappa shape index (κ2) is 10.6. The summed E-state index contributed by atoms with van der Waals surface area (Å²) in [4.78, 5) is 8.00. The molecule has 0 aliphatic heterocycles. The molecule has 0 fully saturated rings. The van der Waals surface area contributed by atoms with Crippen LogP contribution >= 0.6 is 0 Å². The molecule has 0 bridgehead atoms. The lowest BCUT2D eigenvalue weighted by Crippen LogP contribution is -2.22. The quantitative estimate of drug-likeness (QED) is 0.656. The zero-order valence-corrected chi connectivity index (χ0v) is 7.99. The van der Waals surface area contributed by atoms with Crippen LogP contribution in [0.5, 0.6) is 0 Å². The molecule has 3 nitrogen and oxygen atoms in total. The lowest BCUT2D eigenvalue weighted by atomic mass is 9.97. The fourth-order valence-corrected chi connectivity index (χ4v) is 1.05. The van der Waals surface area contributed by atoms with Gasteiger partial charge < -0.3 is 15.0 Å². The Labute approximate surface area is 74.4 Å². The van der Waals surface area contributed by atoms with E-state index in [2.05, 4.69) is 0 Å². The van der Waals surface area contributed by atoms with E-state index in [1.54, 1.807) is 0 Å². The molecule has 0 spiro atoms. The Kier molecular flexibility index (Phi) is 12.5. The number of hydrogen-bond donors (Lipinski definition) is 2. The van der Waals surface area contributed by atoms with Crippen LogP contribution in [0.4, 0.5) is 0 Å². The SMILES string of the molecule is C=O.CCCC(O)C(CC)CO. The van der Waals surface area contributed by atoms with Crippen LogP contribution in [-0.2, 0) is 4.79 Å². The predicted molar refractivity (Wildman–Crippen MR) is 48.9 cm³/mol. The maximum atomic E-state index is 9.35. The van der Waals surface area contributed by atoms with Gasteiger partial charge in [0, 0.05) is 12.5 Å². The summed E-state index contributed by atoms with van der Waals surface area (Å²) < 4.78 is 0. The number of aliphatic hydroxyl groups is 2. The van der Waals surface area contributed by atoms with Gasteiger partial charge in [-0.1, -0.05) is 20.3 Å². The summed E-state index contributed by atoms with van der Waals surface area (Å²) in [6, 6.07) is 0. The fourth-order valence-electron chi connectivity index (χ4n) is 1.05. The zero-order chi connectivity index (χ0) is 9.98. The van der Waals surface area contributed by atoms with Crippen LogP contribution in [0.1, 0.15) is 33.1 Å². The van der Waals surface area contributed by atoms with Gasteiger partial charge in [0.2, 0.25) is 0 Å². The Bertz CT molecular complexity index is 81.8. The van der Waals surface area contributed by atoms with Crippen LogP contribution in [0, 0.1) is 5.92 Å². The maximum absolute atomic E-state index is 9.35. The Morgan fingerprint density at radius 1 is 1.33 bits per heavy atom. The van der Waals surface area contributed by atoms with Gasteiger partial charge >= 0.3 is 0 Å². The van der Waals surface area contributed by atoms with Gasteiger partial charge in [0.25, 0.3) is 0 Å². The molecule has 0 aliphatic carbocycles. The smallest absolute Gasteiger partial charge is 0.106 e. The number of carbonyl (C=O) groups is 1. The third-order valence-corrected chi connectivity index (χ3v) is 1.89. The van der Waals surface area contributed by atoms with Crippen LogP contribution in [0.25, 0.3) is 0 Å². The highest BCUT2D eigenvalue weighted by Gasteiger charge is 2.14. The molecule has 0 aromatic carbocycles. The van der Waals surface area contributed by atoms with Crippen molar-refractivity contribution >= 4 is 6.79 Å². The standard InChI is InChI=1S/C8H18O2.CH2O/c1-3-5-8(10)7(4-2)6-9;1-2/h7-10H,3-6H2,1-2H3;1H2. The van der Waals surface area contributed by atoms with Crippen LogP contribution in [0.2, 0.25) is 0 Å². The van der Waals surface area contributed by atoms with E-state index in [4.69, 9.17) is 9.90 Å². The minimum absolute atomic E-state index is 0.0833. The van der Waals surface area contributed by atoms with E-state index >= 15 is 0 Å². The molecule has 12 heavy (non-hydrogen) atoms. The number of hydrogen-bond acceptors (Lipinski definition) is 3. The molecule has 0 aromatic heterocycles.